The predicted octanol–water partition coefficient (Wildman–Crippen LogP) is 4.17. The fraction of sp³-hybridized carbons (Fsp3) is 0.292. The number of carbonyl (C=O) groups excluding carboxylic acids is 2. The third-order valence-corrected chi connectivity index (χ3v) is 5.89. The van der Waals surface area contributed by atoms with Gasteiger partial charge in [-0.05, 0) is 30.5 Å². The molecule has 0 fully saturated rings. The molecule has 1 aliphatic rings. The van der Waals surface area contributed by atoms with Gasteiger partial charge in [0.15, 0.2) is 0 Å². The standard InChI is InChI=1S/C24H24F3N5O2/c25-24(26,27)17-8-6-16(7-9-17)22-18-12-13-32(14-20(18)30-31-22)23(34)29-19(10-11-21(28)33)15-4-2-1-3-5-15/h1-9,19H,10-14H2,(H2,28,33)(H,29,34)(H,30,31)/t19-/m0/s1. The highest BCUT2D eigenvalue weighted by Crippen LogP contribution is 2.33. The first kappa shape index (κ1) is 23.3. The van der Waals surface area contributed by atoms with Gasteiger partial charge in [-0.2, -0.15) is 18.3 Å². The molecule has 4 rings (SSSR count). The van der Waals surface area contributed by atoms with Crippen molar-refractivity contribution in [2.45, 2.75) is 38.0 Å². The molecular formula is C24H24F3N5O2. The van der Waals surface area contributed by atoms with E-state index in [0.29, 0.717) is 30.6 Å². The first-order valence-corrected chi connectivity index (χ1v) is 10.8. The van der Waals surface area contributed by atoms with Crippen LogP contribution >= 0.6 is 0 Å². The molecule has 2 aromatic carbocycles. The van der Waals surface area contributed by atoms with Crippen molar-refractivity contribution in [2.75, 3.05) is 6.54 Å². The van der Waals surface area contributed by atoms with Crippen molar-refractivity contribution in [2.24, 2.45) is 5.73 Å². The highest BCUT2D eigenvalue weighted by atomic mass is 19.4. The Hall–Kier alpha value is -3.82. The molecule has 0 radical (unpaired) electrons. The number of hydrogen-bond donors (Lipinski definition) is 3. The van der Waals surface area contributed by atoms with E-state index in [2.05, 4.69) is 15.5 Å². The van der Waals surface area contributed by atoms with Gasteiger partial charge in [0.05, 0.1) is 29.5 Å². The quantitative estimate of drug-likeness (QED) is 0.503. The molecule has 0 aliphatic carbocycles. The van der Waals surface area contributed by atoms with E-state index < -0.39 is 17.6 Å². The molecule has 0 spiro atoms. The molecule has 0 saturated carbocycles. The SMILES string of the molecule is NC(=O)CC[C@H](NC(=O)N1CCc2c(-c3ccc(C(F)(F)F)cc3)n[nH]c2C1)c1ccccc1. The number of fused-ring (bicyclic) bond motifs is 1. The summed E-state index contributed by atoms with van der Waals surface area (Å²) in [5.41, 5.74) is 8.26. The van der Waals surface area contributed by atoms with Gasteiger partial charge in [-0.15, -0.1) is 0 Å². The topological polar surface area (TPSA) is 104 Å². The maximum Gasteiger partial charge on any atom is 0.416 e. The van der Waals surface area contributed by atoms with Gasteiger partial charge < -0.3 is 16.0 Å². The van der Waals surface area contributed by atoms with Crippen LogP contribution in [0.25, 0.3) is 11.3 Å². The minimum absolute atomic E-state index is 0.140. The van der Waals surface area contributed by atoms with E-state index in [1.165, 1.54) is 12.1 Å². The van der Waals surface area contributed by atoms with Gasteiger partial charge in [-0.3, -0.25) is 9.89 Å². The number of primary amides is 1. The first-order chi connectivity index (χ1) is 16.2. The summed E-state index contributed by atoms with van der Waals surface area (Å²) in [7, 11) is 0. The van der Waals surface area contributed by atoms with Crippen LogP contribution in [0.1, 0.15) is 41.3 Å². The summed E-state index contributed by atoms with van der Waals surface area (Å²) in [6, 6.07) is 13.6. The Morgan fingerprint density at radius 3 is 2.47 bits per heavy atom. The minimum atomic E-state index is -4.40. The number of aromatic amines is 1. The van der Waals surface area contributed by atoms with Crippen LogP contribution in [0.2, 0.25) is 0 Å². The second kappa shape index (κ2) is 9.58. The summed E-state index contributed by atoms with van der Waals surface area (Å²) >= 11 is 0. The van der Waals surface area contributed by atoms with Crippen LogP contribution in [0.15, 0.2) is 54.6 Å². The molecule has 1 aliphatic heterocycles. The van der Waals surface area contributed by atoms with Gasteiger partial charge in [-0.25, -0.2) is 4.79 Å². The van der Waals surface area contributed by atoms with E-state index in [0.717, 1.165) is 29.0 Å². The molecule has 10 heteroatoms. The predicted molar refractivity (Wildman–Crippen MR) is 119 cm³/mol. The zero-order valence-corrected chi connectivity index (χ0v) is 18.2. The van der Waals surface area contributed by atoms with Crippen molar-refractivity contribution in [3.63, 3.8) is 0 Å². The Bertz CT molecular complexity index is 1160. The second-order valence-electron chi connectivity index (χ2n) is 8.19. The van der Waals surface area contributed by atoms with E-state index in [-0.39, 0.29) is 25.0 Å². The number of rotatable bonds is 6. The third-order valence-electron chi connectivity index (χ3n) is 5.89. The molecule has 2 heterocycles. The highest BCUT2D eigenvalue weighted by Gasteiger charge is 2.31. The average Bonchev–Trinajstić information content (AvgIpc) is 3.25. The lowest BCUT2D eigenvalue weighted by Gasteiger charge is -2.29. The fourth-order valence-corrected chi connectivity index (χ4v) is 4.08. The molecule has 1 aromatic heterocycles. The number of nitrogens with two attached hydrogens (primary N) is 1. The maximum absolute atomic E-state index is 13.0. The van der Waals surface area contributed by atoms with E-state index in [1.807, 2.05) is 30.3 Å². The molecule has 34 heavy (non-hydrogen) atoms. The van der Waals surface area contributed by atoms with E-state index in [9.17, 15) is 22.8 Å². The summed E-state index contributed by atoms with van der Waals surface area (Å²) in [5, 5.41) is 10.2. The van der Waals surface area contributed by atoms with Gasteiger partial charge in [0, 0.05) is 24.1 Å². The van der Waals surface area contributed by atoms with E-state index in [4.69, 9.17) is 5.73 Å². The molecule has 0 saturated heterocycles. The molecule has 7 nitrogen and oxygen atoms in total. The number of H-pyrrole nitrogens is 1. The largest absolute Gasteiger partial charge is 0.416 e. The number of benzene rings is 2. The van der Waals surface area contributed by atoms with Gasteiger partial charge in [-0.1, -0.05) is 42.5 Å². The first-order valence-electron chi connectivity index (χ1n) is 10.8. The van der Waals surface area contributed by atoms with E-state index in [1.54, 1.807) is 4.90 Å². The second-order valence-corrected chi connectivity index (χ2v) is 8.19. The number of hydrogen-bond acceptors (Lipinski definition) is 3. The van der Waals surface area contributed by atoms with E-state index >= 15 is 0 Å². The van der Waals surface area contributed by atoms with Crippen LogP contribution in [0, 0.1) is 0 Å². The monoisotopic (exact) mass is 471 g/mol. The summed E-state index contributed by atoms with van der Waals surface area (Å²) in [6.07, 6.45) is -3.37. The van der Waals surface area contributed by atoms with Crippen LogP contribution in [0.5, 0.6) is 0 Å². The lowest BCUT2D eigenvalue weighted by atomic mass is 9.99. The molecule has 4 N–H and O–H groups in total. The van der Waals surface area contributed by atoms with Crippen LogP contribution in [-0.4, -0.2) is 33.6 Å². The van der Waals surface area contributed by atoms with Crippen LogP contribution < -0.4 is 11.1 Å². The zero-order chi connectivity index (χ0) is 24.3. The molecule has 0 unspecified atom stereocenters. The number of alkyl halides is 3. The summed E-state index contributed by atoms with van der Waals surface area (Å²) in [4.78, 5) is 25.9. The number of urea groups is 1. The number of carbonyl (C=O) groups is 2. The number of nitrogens with one attached hydrogen (secondary N) is 2. The Morgan fingerprint density at radius 2 is 1.82 bits per heavy atom. The zero-order valence-electron chi connectivity index (χ0n) is 18.2. The normalized spacial score (nSPS) is 14.4. The maximum atomic E-state index is 13.0. The highest BCUT2D eigenvalue weighted by molar-refractivity contribution is 5.76. The Balaban J connectivity index is 1.46. The summed E-state index contributed by atoms with van der Waals surface area (Å²) in [5.74, 6) is -0.439. The lowest BCUT2D eigenvalue weighted by Crippen LogP contribution is -2.44. The van der Waals surface area contributed by atoms with Crippen molar-refractivity contribution in [3.05, 3.63) is 77.0 Å². The van der Waals surface area contributed by atoms with Crippen LogP contribution in [0.4, 0.5) is 18.0 Å². The molecule has 0 bridgehead atoms. The fourth-order valence-electron chi connectivity index (χ4n) is 4.08. The summed E-state index contributed by atoms with van der Waals surface area (Å²) in [6.45, 7) is 0.704. The molecular weight excluding hydrogens is 447 g/mol. The Morgan fingerprint density at radius 1 is 1.12 bits per heavy atom. The van der Waals surface area contributed by atoms with Crippen molar-refractivity contribution < 1.29 is 22.8 Å². The number of aromatic nitrogens is 2. The number of nitrogens with zero attached hydrogens (tertiary/aromatic N) is 2. The van der Waals surface area contributed by atoms with Crippen LogP contribution in [-0.2, 0) is 23.9 Å². The molecule has 3 amide bonds. The average molecular weight is 471 g/mol. The van der Waals surface area contributed by atoms with Gasteiger partial charge in [0.25, 0.3) is 0 Å². The van der Waals surface area contributed by atoms with Crippen molar-refractivity contribution in [1.29, 1.82) is 0 Å². The lowest BCUT2D eigenvalue weighted by molar-refractivity contribution is -0.137. The summed E-state index contributed by atoms with van der Waals surface area (Å²) < 4.78 is 38.6. The minimum Gasteiger partial charge on any atom is -0.370 e. The van der Waals surface area contributed by atoms with Crippen molar-refractivity contribution >= 4 is 11.9 Å². The molecule has 3 aromatic rings. The third kappa shape index (κ3) is 5.22. The van der Waals surface area contributed by atoms with Crippen LogP contribution in [0.3, 0.4) is 0 Å². The molecule has 1 atom stereocenters. The van der Waals surface area contributed by atoms with Gasteiger partial charge >= 0.3 is 12.2 Å². The van der Waals surface area contributed by atoms with Crippen molar-refractivity contribution in [3.8, 4) is 11.3 Å². The smallest absolute Gasteiger partial charge is 0.370 e. The van der Waals surface area contributed by atoms with Crippen molar-refractivity contribution in [1.82, 2.24) is 20.4 Å². The Labute approximate surface area is 194 Å². The number of amides is 3. The van der Waals surface area contributed by atoms with Gasteiger partial charge in [0.2, 0.25) is 5.91 Å². The van der Waals surface area contributed by atoms with Gasteiger partial charge in [0.1, 0.15) is 0 Å². The number of halogens is 3. The molecule has 178 valence electrons. The Kier molecular flexibility index (Phi) is 6.58.